The van der Waals surface area contributed by atoms with E-state index in [1.165, 1.54) is 0 Å². The van der Waals surface area contributed by atoms with Crippen LogP contribution in [0.15, 0.2) is 0 Å². The Bertz CT molecular complexity index is 225. The van der Waals surface area contributed by atoms with E-state index in [0.717, 1.165) is 0 Å². The summed E-state index contributed by atoms with van der Waals surface area (Å²) in [7, 11) is 0. The summed E-state index contributed by atoms with van der Waals surface area (Å²) in [5.41, 5.74) is 0. The van der Waals surface area contributed by atoms with E-state index in [-0.39, 0.29) is 0 Å². The maximum Gasteiger partial charge on any atom is 0.379 e. The van der Waals surface area contributed by atoms with Crippen LogP contribution in [0.2, 0.25) is 0 Å². The van der Waals surface area contributed by atoms with E-state index in [4.69, 9.17) is 0 Å². The first-order valence-corrected chi connectivity index (χ1v) is 4.87. The third-order valence-corrected chi connectivity index (χ3v) is 2.50. The van der Waals surface area contributed by atoms with Gasteiger partial charge in [-0.2, -0.15) is 60.4 Å². The van der Waals surface area contributed by atoms with E-state index >= 15 is 0 Å². The third-order valence-electron chi connectivity index (χ3n) is 1.71. The minimum absolute atomic E-state index is 1.99. The molecule has 10 heteroatoms. The van der Waals surface area contributed by atoms with Crippen LogP contribution in [0.5, 0.6) is 0 Å². The average molecular weight is 294 g/mol. The first-order chi connectivity index (χ1) is 6.87. The highest BCUT2D eigenvalue weighted by Crippen LogP contribution is 2.52. The van der Waals surface area contributed by atoms with Gasteiger partial charge in [0.1, 0.15) is 0 Å². The molecule has 0 aromatic carbocycles. The number of halogens is 8. The van der Waals surface area contributed by atoms with Crippen molar-refractivity contribution in [2.24, 2.45) is 0 Å². The summed E-state index contributed by atoms with van der Waals surface area (Å²) >= 11 is 5.45. The highest BCUT2D eigenvalue weighted by Gasteiger charge is 2.79. The lowest BCUT2D eigenvalue weighted by atomic mass is 10.0. The van der Waals surface area contributed by atoms with Gasteiger partial charge in [-0.1, -0.05) is 0 Å². The molecular formula is C6H6F8S2. The Hall–Kier alpha value is 0.140. The van der Waals surface area contributed by atoms with Crippen LogP contribution in [0.3, 0.4) is 0 Å². The second-order valence-corrected chi connectivity index (χ2v) is 3.51. The lowest BCUT2D eigenvalue weighted by Gasteiger charge is -2.35. The van der Waals surface area contributed by atoms with Gasteiger partial charge in [0, 0.05) is 0 Å². The molecule has 0 heterocycles. The fourth-order valence-electron chi connectivity index (χ4n) is 0.658. The van der Waals surface area contributed by atoms with Gasteiger partial charge in [0.05, 0.1) is 11.5 Å². The first kappa shape index (κ1) is 16.1. The Morgan fingerprint density at radius 2 is 0.750 bits per heavy atom. The van der Waals surface area contributed by atoms with E-state index in [1.807, 2.05) is 0 Å². The van der Waals surface area contributed by atoms with Crippen molar-refractivity contribution in [3.05, 3.63) is 0 Å². The van der Waals surface area contributed by atoms with Crippen molar-refractivity contribution in [1.82, 2.24) is 0 Å². The molecular weight excluding hydrogens is 288 g/mol. The zero-order valence-electron chi connectivity index (χ0n) is 7.33. The molecule has 16 heavy (non-hydrogen) atoms. The van der Waals surface area contributed by atoms with Gasteiger partial charge in [0.2, 0.25) is 0 Å². The quantitative estimate of drug-likeness (QED) is 0.563. The first-order valence-electron chi connectivity index (χ1n) is 3.60. The zero-order chi connectivity index (χ0) is 13.4. The summed E-state index contributed by atoms with van der Waals surface area (Å²) in [5, 5.41) is 0. The van der Waals surface area contributed by atoms with Crippen molar-refractivity contribution < 1.29 is 35.1 Å². The maximum atomic E-state index is 12.6. The van der Waals surface area contributed by atoms with Gasteiger partial charge in [-0.25, -0.2) is 0 Å². The van der Waals surface area contributed by atoms with Crippen LogP contribution in [0.4, 0.5) is 35.1 Å². The van der Waals surface area contributed by atoms with Gasteiger partial charge >= 0.3 is 23.7 Å². The molecule has 0 atom stereocenters. The van der Waals surface area contributed by atoms with E-state index < -0.39 is 35.2 Å². The van der Waals surface area contributed by atoms with Gasteiger partial charge in [-0.15, -0.1) is 0 Å². The highest BCUT2D eigenvalue weighted by molar-refractivity contribution is 7.80. The minimum atomic E-state index is -6.21. The average Bonchev–Trinajstić information content (AvgIpc) is 2.16. The third kappa shape index (κ3) is 2.22. The fraction of sp³-hybridized carbons (Fsp3) is 1.00. The van der Waals surface area contributed by atoms with E-state index in [2.05, 4.69) is 25.3 Å². The molecule has 0 aliphatic heterocycles. The largest absolute Gasteiger partial charge is 0.379 e. The molecule has 0 saturated carbocycles. The van der Waals surface area contributed by atoms with Gasteiger partial charge in [-0.3, -0.25) is 0 Å². The summed E-state index contributed by atoms with van der Waals surface area (Å²) in [5.74, 6) is -27.1. The van der Waals surface area contributed by atoms with Crippen LogP contribution in [-0.2, 0) is 0 Å². The molecule has 0 amide bonds. The second-order valence-electron chi connectivity index (χ2n) is 2.87. The molecule has 0 aliphatic rings. The predicted octanol–water partition coefficient (Wildman–Crippen LogP) is 3.39. The molecule has 98 valence electrons. The number of hydrogen-bond donors (Lipinski definition) is 2. The van der Waals surface area contributed by atoms with Gasteiger partial charge < -0.3 is 0 Å². The monoisotopic (exact) mass is 294 g/mol. The summed E-state index contributed by atoms with van der Waals surface area (Å²) in [6.07, 6.45) is 0. The van der Waals surface area contributed by atoms with Crippen LogP contribution in [0.25, 0.3) is 0 Å². The summed E-state index contributed by atoms with van der Waals surface area (Å²) < 4.78 is 100. The van der Waals surface area contributed by atoms with Crippen molar-refractivity contribution in [2.45, 2.75) is 23.7 Å². The lowest BCUT2D eigenvalue weighted by Crippen LogP contribution is -2.63. The molecule has 0 spiro atoms. The van der Waals surface area contributed by atoms with Crippen LogP contribution in [0.1, 0.15) is 0 Å². The standard InChI is InChI=1S/C6H6F8S2/c7-3(8,1-15)5(11,12)6(13,14)4(9,10)2-16/h15-16H,1-2H2. The minimum Gasteiger partial charge on any atom is -0.199 e. The predicted molar refractivity (Wildman–Crippen MR) is 47.5 cm³/mol. The SMILES string of the molecule is FC(F)(CS)C(F)(F)C(F)(F)C(F)(F)CS. The second kappa shape index (κ2) is 4.43. The number of hydrogen-bond acceptors (Lipinski definition) is 2. The van der Waals surface area contributed by atoms with Crippen molar-refractivity contribution in [2.75, 3.05) is 11.5 Å². The molecule has 0 rings (SSSR count). The smallest absolute Gasteiger partial charge is 0.199 e. The van der Waals surface area contributed by atoms with Gasteiger partial charge in [0.15, 0.2) is 0 Å². The molecule has 0 bridgehead atoms. The Kier molecular flexibility index (Phi) is 4.47. The zero-order valence-corrected chi connectivity index (χ0v) is 9.12. The number of thiol groups is 2. The summed E-state index contributed by atoms with van der Waals surface area (Å²) in [6, 6.07) is 0. The van der Waals surface area contributed by atoms with E-state index in [9.17, 15) is 35.1 Å². The number of alkyl halides is 8. The Morgan fingerprint density at radius 1 is 0.562 bits per heavy atom. The fourth-order valence-corrected chi connectivity index (χ4v) is 1.06. The van der Waals surface area contributed by atoms with Crippen LogP contribution in [-0.4, -0.2) is 35.2 Å². The van der Waals surface area contributed by atoms with Crippen molar-refractivity contribution >= 4 is 25.3 Å². The lowest BCUT2D eigenvalue weighted by molar-refractivity contribution is -0.355. The summed E-state index contributed by atoms with van der Waals surface area (Å²) in [6.45, 7) is 0. The molecule has 0 N–H and O–H groups in total. The van der Waals surface area contributed by atoms with Crippen LogP contribution < -0.4 is 0 Å². The Balaban J connectivity index is 5.46. The molecule has 0 aliphatic carbocycles. The van der Waals surface area contributed by atoms with Crippen LogP contribution >= 0.6 is 25.3 Å². The molecule has 0 radical (unpaired) electrons. The van der Waals surface area contributed by atoms with Crippen molar-refractivity contribution in [3.8, 4) is 0 Å². The molecule has 0 saturated heterocycles. The highest BCUT2D eigenvalue weighted by atomic mass is 32.1. The molecule has 0 aromatic rings. The molecule has 0 aromatic heterocycles. The van der Waals surface area contributed by atoms with Crippen molar-refractivity contribution in [1.29, 1.82) is 0 Å². The van der Waals surface area contributed by atoms with E-state index in [0.29, 0.717) is 0 Å². The van der Waals surface area contributed by atoms with Gasteiger partial charge in [-0.05, 0) is 0 Å². The Morgan fingerprint density at radius 3 is 0.875 bits per heavy atom. The van der Waals surface area contributed by atoms with Gasteiger partial charge in [0.25, 0.3) is 0 Å². The molecule has 0 unspecified atom stereocenters. The normalized spacial score (nSPS) is 15.4. The topological polar surface area (TPSA) is 0 Å². The maximum absolute atomic E-state index is 12.6. The van der Waals surface area contributed by atoms with Crippen LogP contribution in [0, 0.1) is 0 Å². The molecule has 0 fully saturated rings. The van der Waals surface area contributed by atoms with E-state index in [1.54, 1.807) is 0 Å². The molecule has 0 nitrogen and oxygen atoms in total. The van der Waals surface area contributed by atoms with Crippen molar-refractivity contribution in [3.63, 3.8) is 0 Å². The Labute approximate surface area is 96.2 Å². The number of rotatable bonds is 5. The summed E-state index contributed by atoms with van der Waals surface area (Å²) in [4.78, 5) is 0.